The van der Waals surface area contributed by atoms with Gasteiger partial charge in [-0.3, -0.25) is 9.59 Å². The number of methoxy groups -OCH3 is 1. The lowest BCUT2D eigenvalue weighted by atomic mass is 10.0. The Labute approximate surface area is 164 Å². The van der Waals surface area contributed by atoms with E-state index in [1.165, 1.54) is 0 Å². The van der Waals surface area contributed by atoms with Gasteiger partial charge in [0.25, 0.3) is 5.56 Å². The minimum Gasteiger partial charge on any atom is -0.497 e. The third kappa shape index (κ3) is 4.80. The highest BCUT2D eigenvalue weighted by Crippen LogP contribution is 2.18. The number of hydrogen-bond donors (Lipinski definition) is 2. The summed E-state index contributed by atoms with van der Waals surface area (Å²) in [6.45, 7) is 4.48. The zero-order valence-electron chi connectivity index (χ0n) is 16.6. The lowest BCUT2D eigenvalue weighted by molar-refractivity contribution is -0.121. The molecule has 2 aromatic carbocycles. The number of carbonyl (C=O) groups excluding carboxylic acids is 1. The fourth-order valence-electron chi connectivity index (χ4n) is 3.39. The number of fused-ring (bicyclic) bond motifs is 1. The fourth-order valence-corrected chi connectivity index (χ4v) is 3.39. The fraction of sp³-hybridized carbons (Fsp3) is 0.304. The van der Waals surface area contributed by atoms with Crippen molar-refractivity contribution in [1.82, 2.24) is 10.3 Å². The number of aromatic amines is 1. The minimum absolute atomic E-state index is 0.0141. The van der Waals surface area contributed by atoms with E-state index in [2.05, 4.69) is 22.4 Å². The van der Waals surface area contributed by atoms with E-state index in [0.717, 1.165) is 33.3 Å². The van der Waals surface area contributed by atoms with Crippen LogP contribution in [0.3, 0.4) is 0 Å². The molecule has 0 aliphatic carbocycles. The molecular weight excluding hydrogens is 352 g/mol. The van der Waals surface area contributed by atoms with Crippen molar-refractivity contribution in [2.75, 3.05) is 13.7 Å². The molecule has 3 aromatic rings. The number of H-pyrrole nitrogens is 1. The van der Waals surface area contributed by atoms with Crippen LogP contribution in [0.1, 0.15) is 28.7 Å². The molecule has 0 atom stereocenters. The molecule has 0 saturated heterocycles. The van der Waals surface area contributed by atoms with Gasteiger partial charge in [-0.05, 0) is 67.5 Å². The third-order valence-electron chi connectivity index (χ3n) is 4.89. The van der Waals surface area contributed by atoms with E-state index in [0.29, 0.717) is 31.4 Å². The number of amides is 1. The summed E-state index contributed by atoms with van der Waals surface area (Å²) in [6.07, 6.45) is 1.59. The Morgan fingerprint density at radius 2 is 1.82 bits per heavy atom. The minimum atomic E-state index is -0.0908. The number of nitrogens with one attached hydrogen (secondary N) is 2. The van der Waals surface area contributed by atoms with E-state index in [-0.39, 0.29) is 11.5 Å². The normalized spacial score (nSPS) is 10.8. The van der Waals surface area contributed by atoms with Crippen LogP contribution in [0.4, 0.5) is 0 Å². The molecule has 5 nitrogen and oxygen atoms in total. The molecule has 28 heavy (non-hydrogen) atoms. The van der Waals surface area contributed by atoms with E-state index in [9.17, 15) is 9.59 Å². The van der Waals surface area contributed by atoms with Gasteiger partial charge in [-0.25, -0.2) is 0 Å². The highest BCUT2D eigenvalue weighted by molar-refractivity contribution is 5.83. The molecule has 0 aliphatic heterocycles. The molecule has 0 fully saturated rings. The average Bonchev–Trinajstić information content (AvgIpc) is 2.68. The van der Waals surface area contributed by atoms with Crippen molar-refractivity contribution >= 4 is 16.8 Å². The highest BCUT2D eigenvalue weighted by Gasteiger charge is 2.07. The lowest BCUT2D eigenvalue weighted by Crippen LogP contribution is -2.27. The monoisotopic (exact) mass is 378 g/mol. The molecule has 3 rings (SSSR count). The summed E-state index contributed by atoms with van der Waals surface area (Å²) in [7, 11) is 1.63. The predicted molar refractivity (Wildman–Crippen MR) is 112 cm³/mol. The van der Waals surface area contributed by atoms with Crippen molar-refractivity contribution in [2.24, 2.45) is 0 Å². The lowest BCUT2D eigenvalue weighted by Gasteiger charge is -2.08. The summed E-state index contributed by atoms with van der Waals surface area (Å²) in [5, 5.41) is 3.93. The first-order chi connectivity index (χ1) is 13.5. The number of pyridine rings is 1. The highest BCUT2D eigenvalue weighted by atomic mass is 16.5. The molecular formula is C23H26N2O3. The standard InChI is InChI=1S/C23H26N2O3/c1-15-12-16(2)22-19(13-15)14-18(23(27)25-22)10-11-24-21(26)9-6-17-4-7-20(28-3)8-5-17/h4-5,7-8,12-14H,6,9-11H2,1-3H3,(H,24,26)(H,25,27). The van der Waals surface area contributed by atoms with Gasteiger partial charge in [-0.15, -0.1) is 0 Å². The van der Waals surface area contributed by atoms with E-state index in [1.54, 1.807) is 7.11 Å². The second kappa shape index (κ2) is 8.74. The largest absolute Gasteiger partial charge is 0.497 e. The Bertz CT molecular complexity index is 1040. The first-order valence-electron chi connectivity index (χ1n) is 9.49. The maximum absolute atomic E-state index is 12.3. The first-order valence-corrected chi connectivity index (χ1v) is 9.49. The summed E-state index contributed by atoms with van der Waals surface area (Å²) >= 11 is 0. The molecule has 5 heteroatoms. The van der Waals surface area contributed by atoms with Crippen molar-refractivity contribution in [3.05, 3.63) is 75.1 Å². The van der Waals surface area contributed by atoms with Crippen LogP contribution in [0.15, 0.2) is 47.3 Å². The number of carbonyl (C=O) groups is 1. The second-order valence-corrected chi connectivity index (χ2v) is 7.12. The van der Waals surface area contributed by atoms with Gasteiger partial charge in [0.05, 0.1) is 12.6 Å². The van der Waals surface area contributed by atoms with Crippen LogP contribution in [-0.4, -0.2) is 24.5 Å². The maximum atomic E-state index is 12.3. The van der Waals surface area contributed by atoms with Gasteiger partial charge in [-0.2, -0.15) is 0 Å². The number of ether oxygens (including phenoxy) is 1. The molecule has 0 radical (unpaired) electrons. The van der Waals surface area contributed by atoms with Crippen LogP contribution < -0.4 is 15.6 Å². The van der Waals surface area contributed by atoms with Gasteiger partial charge < -0.3 is 15.0 Å². The van der Waals surface area contributed by atoms with E-state index < -0.39 is 0 Å². The van der Waals surface area contributed by atoms with E-state index >= 15 is 0 Å². The SMILES string of the molecule is COc1ccc(CCC(=O)NCCc2cc3cc(C)cc(C)c3[nH]c2=O)cc1. The van der Waals surface area contributed by atoms with Crippen molar-refractivity contribution in [1.29, 1.82) is 0 Å². The zero-order chi connectivity index (χ0) is 20.1. The summed E-state index contributed by atoms with van der Waals surface area (Å²) < 4.78 is 5.13. The second-order valence-electron chi connectivity index (χ2n) is 7.12. The van der Waals surface area contributed by atoms with Crippen LogP contribution >= 0.6 is 0 Å². The van der Waals surface area contributed by atoms with E-state index in [4.69, 9.17) is 4.74 Å². The Morgan fingerprint density at radius 3 is 2.54 bits per heavy atom. The molecule has 1 amide bonds. The molecule has 0 aliphatic rings. The van der Waals surface area contributed by atoms with Gasteiger partial charge in [0.2, 0.25) is 5.91 Å². The number of benzene rings is 2. The topological polar surface area (TPSA) is 71.2 Å². The first kappa shape index (κ1) is 19.7. The summed E-state index contributed by atoms with van der Waals surface area (Å²) in [6, 6.07) is 13.8. The van der Waals surface area contributed by atoms with Crippen molar-refractivity contribution in [3.8, 4) is 5.75 Å². The molecule has 0 saturated carbocycles. The van der Waals surface area contributed by atoms with Crippen molar-refractivity contribution in [3.63, 3.8) is 0 Å². The van der Waals surface area contributed by atoms with Crippen LogP contribution in [-0.2, 0) is 17.6 Å². The van der Waals surface area contributed by atoms with Crippen molar-refractivity contribution < 1.29 is 9.53 Å². The number of rotatable bonds is 7. The van der Waals surface area contributed by atoms with Crippen LogP contribution in [0.5, 0.6) is 5.75 Å². The van der Waals surface area contributed by atoms with Gasteiger partial charge >= 0.3 is 0 Å². The van der Waals surface area contributed by atoms with Gasteiger partial charge in [0.15, 0.2) is 0 Å². The summed E-state index contributed by atoms with van der Waals surface area (Å²) in [5.74, 6) is 0.791. The van der Waals surface area contributed by atoms with E-state index in [1.807, 2.05) is 44.2 Å². The Balaban J connectivity index is 1.54. The summed E-state index contributed by atoms with van der Waals surface area (Å²) in [4.78, 5) is 27.4. The van der Waals surface area contributed by atoms with Crippen LogP contribution in [0.2, 0.25) is 0 Å². The van der Waals surface area contributed by atoms with Crippen molar-refractivity contribution in [2.45, 2.75) is 33.1 Å². The number of aromatic nitrogens is 1. The predicted octanol–water partition coefficient (Wildman–Crippen LogP) is 3.45. The van der Waals surface area contributed by atoms with Crippen LogP contribution in [0.25, 0.3) is 10.9 Å². The smallest absolute Gasteiger partial charge is 0.251 e. The molecule has 1 aromatic heterocycles. The van der Waals surface area contributed by atoms with Gasteiger partial charge in [0, 0.05) is 18.5 Å². The average molecular weight is 378 g/mol. The van der Waals surface area contributed by atoms with Gasteiger partial charge in [-0.1, -0.05) is 23.8 Å². The van der Waals surface area contributed by atoms with Gasteiger partial charge in [0.1, 0.15) is 5.75 Å². The summed E-state index contributed by atoms with van der Waals surface area (Å²) in [5.41, 5.74) is 4.79. The molecule has 2 N–H and O–H groups in total. The maximum Gasteiger partial charge on any atom is 0.251 e. The number of aryl methyl sites for hydroxylation is 3. The Morgan fingerprint density at radius 1 is 1.07 bits per heavy atom. The zero-order valence-corrected chi connectivity index (χ0v) is 16.6. The number of hydrogen-bond acceptors (Lipinski definition) is 3. The molecule has 1 heterocycles. The molecule has 146 valence electrons. The molecule has 0 unspecified atom stereocenters. The third-order valence-corrected chi connectivity index (χ3v) is 4.89. The van der Waals surface area contributed by atoms with Crippen LogP contribution in [0, 0.1) is 13.8 Å². The molecule has 0 spiro atoms. The molecule has 0 bridgehead atoms. The Kier molecular flexibility index (Phi) is 6.14. The quantitative estimate of drug-likeness (QED) is 0.662. The Hall–Kier alpha value is -3.08.